The maximum absolute atomic E-state index is 11.9. The molecule has 2 atom stereocenters. The first kappa shape index (κ1) is 9.75. The second kappa shape index (κ2) is 4.16. The van der Waals surface area contributed by atoms with E-state index in [1.165, 1.54) is 12.8 Å². The standard InChI is InChI=1S/C12H19NO/c1-2-3-7-12(14)13-10-5-4-6-11(13)9-8-10/h4-5,10-11H,2-3,6-9H2,1H3. The van der Waals surface area contributed by atoms with Gasteiger partial charge in [-0.1, -0.05) is 25.5 Å². The number of nitrogens with zero attached hydrogens (tertiary/aromatic N) is 1. The lowest BCUT2D eigenvalue weighted by Crippen LogP contribution is -2.41. The first-order chi connectivity index (χ1) is 6.83. The summed E-state index contributed by atoms with van der Waals surface area (Å²) in [7, 11) is 0. The molecular weight excluding hydrogens is 174 g/mol. The highest BCUT2D eigenvalue weighted by molar-refractivity contribution is 5.77. The van der Waals surface area contributed by atoms with Crippen LogP contribution in [0.3, 0.4) is 0 Å². The number of carbonyl (C=O) groups excluding carboxylic acids is 1. The van der Waals surface area contributed by atoms with Gasteiger partial charge in [-0.05, 0) is 25.7 Å². The van der Waals surface area contributed by atoms with E-state index in [2.05, 4.69) is 24.0 Å². The summed E-state index contributed by atoms with van der Waals surface area (Å²) in [5.41, 5.74) is 0. The van der Waals surface area contributed by atoms with Gasteiger partial charge in [0.1, 0.15) is 0 Å². The van der Waals surface area contributed by atoms with E-state index >= 15 is 0 Å². The van der Waals surface area contributed by atoms with Gasteiger partial charge in [-0.3, -0.25) is 4.79 Å². The number of hydrogen-bond acceptors (Lipinski definition) is 1. The summed E-state index contributed by atoms with van der Waals surface area (Å²) in [6, 6.07) is 0.951. The lowest BCUT2D eigenvalue weighted by atomic mass is 10.1. The topological polar surface area (TPSA) is 20.3 Å². The second-order valence-electron chi connectivity index (χ2n) is 4.37. The molecular formula is C12H19NO. The first-order valence-corrected chi connectivity index (χ1v) is 5.80. The van der Waals surface area contributed by atoms with Crippen LogP contribution in [0.5, 0.6) is 0 Å². The van der Waals surface area contributed by atoms with Crippen LogP contribution in [0.25, 0.3) is 0 Å². The largest absolute Gasteiger partial charge is 0.333 e. The molecule has 1 amide bonds. The summed E-state index contributed by atoms with van der Waals surface area (Å²) in [5, 5.41) is 0. The molecule has 1 fully saturated rings. The van der Waals surface area contributed by atoms with Gasteiger partial charge < -0.3 is 4.90 Å². The lowest BCUT2D eigenvalue weighted by Gasteiger charge is -2.31. The number of fused-ring (bicyclic) bond motifs is 2. The van der Waals surface area contributed by atoms with Gasteiger partial charge in [0.2, 0.25) is 5.91 Å². The van der Waals surface area contributed by atoms with Crippen molar-refractivity contribution in [3.05, 3.63) is 12.2 Å². The molecule has 1 saturated heterocycles. The molecule has 0 aliphatic carbocycles. The SMILES string of the molecule is CCCCC(=O)N1C2C=CCC1CC2. The van der Waals surface area contributed by atoms with Crippen LogP contribution in [-0.2, 0) is 4.79 Å². The fourth-order valence-corrected chi connectivity index (χ4v) is 2.57. The zero-order chi connectivity index (χ0) is 9.97. The molecule has 0 N–H and O–H groups in total. The first-order valence-electron chi connectivity index (χ1n) is 5.80. The van der Waals surface area contributed by atoms with Gasteiger partial charge in [-0.25, -0.2) is 0 Å². The van der Waals surface area contributed by atoms with Gasteiger partial charge >= 0.3 is 0 Å². The summed E-state index contributed by atoms with van der Waals surface area (Å²) in [6.45, 7) is 2.14. The van der Waals surface area contributed by atoms with E-state index in [-0.39, 0.29) is 0 Å². The minimum atomic E-state index is 0.378. The van der Waals surface area contributed by atoms with Gasteiger partial charge in [0, 0.05) is 12.5 Å². The molecule has 0 aromatic carbocycles. The molecule has 0 saturated carbocycles. The Labute approximate surface area is 86.0 Å². The summed E-state index contributed by atoms with van der Waals surface area (Å²) in [6.07, 6.45) is 10.8. The number of amides is 1. The van der Waals surface area contributed by atoms with Crippen molar-refractivity contribution in [1.29, 1.82) is 0 Å². The maximum atomic E-state index is 11.9. The molecule has 2 nitrogen and oxygen atoms in total. The van der Waals surface area contributed by atoms with Crippen LogP contribution in [-0.4, -0.2) is 22.9 Å². The Kier molecular flexibility index (Phi) is 2.90. The minimum Gasteiger partial charge on any atom is -0.333 e. The molecule has 78 valence electrons. The molecule has 2 unspecified atom stereocenters. The van der Waals surface area contributed by atoms with E-state index in [0.717, 1.165) is 25.7 Å². The number of hydrogen-bond donors (Lipinski definition) is 0. The van der Waals surface area contributed by atoms with E-state index < -0.39 is 0 Å². The molecule has 2 heterocycles. The van der Waals surface area contributed by atoms with Crippen molar-refractivity contribution in [2.45, 2.75) is 57.5 Å². The predicted molar refractivity (Wildman–Crippen MR) is 56.9 cm³/mol. The molecule has 0 aromatic heterocycles. The van der Waals surface area contributed by atoms with Crippen molar-refractivity contribution >= 4 is 5.91 Å². The van der Waals surface area contributed by atoms with Crippen LogP contribution in [0.4, 0.5) is 0 Å². The van der Waals surface area contributed by atoms with E-state index in [1.807, 2.05) is 0 Å². The molecule has 0 radical (unpaired) electrons. The van der Waals surface area contributed by atoms with Crippen molar-refractivity contribution in [1.82, 2.24) is 4.90 Å². The summed E-state index contributed by atoms with van der Waals surface area (Å²) < 4.78 is 0. The van der Waals surface area contributed by atoms with Crippen LogP contribution in [0, 0.1) is 0 Å². The molecule has 2 aliphatic rings. The lowest BCUT2D eigenvalue weighted by molar-refractivity contribution is -0.133. The van der Waals surface area contributed by atoms with Crippen molar-refractivity contribution in [3.63, 3.8) is 0 Å². The van der Waals surface area contributed by atoms with Gasteiger partial charge in [-0.2, -0.15) is 0 Å². The third-order valence-corrected chi connectivity index (χ3v) is 3.34. The van der Waals surface area contributed by atoms with Crippen LogP contribution in [0.2, 0.25) is 0 Å². The van der Waals surface area contributed by atoms with Crippen LogP contribution >= 0.6 is 0 Å². The second-order valence-corrected chi connectivity index (χ2v) is 4.37. The summed E-state index contributed by atoms with van der Waals surface area (Å²) in [5.74, 6) is 0.378. The Morgan fingerprint density at radius 3 is 3.07 bits per heavy atom. The molecule has 2 aliphatic heterocycles. The summed E-state index contributed by atoms with van der Waals surface area (Å²) >= 11 is 0. The number of unbranched alkanes of at least 4 members (excludes halogenated alkanes) is 1. The molecule has 2 bridgehead atoms. The quantitative estimate of drug-likeness (QED) is 0.631. The van der Waals surface area contributed by atoms with Gasteiger partial charge in [0.25, 0.3) is 0 Å². The van der Waals surface area contributed by atoms with E-state index in [0.29, 0.717) is 18.0 Å². The Hall–Kier alpha value is -0.790. The third kappa shape index (κ3) is 1.70. The van der Waals surface area contributed by atoms with Gasteiger partial charge in [0.15, 0.2) is 0 Å². The van der Waals surface area contributed by atoms with Gasteiger partial charge in [0.05, 0.1) is 6.04 Å². The van der Waals surface area contributed by atoms with Gasteiger partial charge in [-0.15, -0.1) is 0 Å². The van der Waals surface area contributed by atoms with Crippen molar-refractivity contribution < 1.29 is 4.79 Å². The van der Waals surface area contributed by atoms with Crippen molar-refractivity contribution in [2.75, 3.05) is 0 Å². The number of rotatable bonds is 3. The monoisotopic (exact) mass is 193 g/mol. The Balaban J connectivity index is 1.97. The van der Waals surface area contributed by atoms with E-state index in [9.17, 15) is 4.79 Å². The highest BCUT2D eigenvalue weighted by atomic mass is 16.2. The van der Waals surface area contributed by atoms with Crippen molar-refractivity contribution in [3.8, 4) is 0 Å². The minimum absolute atomic E-state index is 0.378. The maximum Gasteiger partial charge on any atom is 0.223 e. The highest BCUT2D eigenvalue weighted by Crippen LogP contribution is 2.32. The molecule has 14 heavy (non-hydrogen) atoms. The average Bonchev–Trinajstić information content (AvgIpc) is 2.45. The van der Waals surface area contributed by atoms with E-state index in [1.54, 1.807) is 0 Å². The van der Waals surface area contributed by atoms with Crippen LogP contribution in [0.1, 0.15) is 45.4 Å². The Bertz CT molecular complexity index is 247. The van der Waals surface area contributed by atoms with Crippen LogP contribution < -0.4 is 0 Å². The zero-order valence-corrected chi connectivity index (χ0v) is 8.91. The third-order valence-electron chi connectivity index (χ3n) is 3.34. The normalized spacial score (nSPS) is 29.6. The smallest absolute Gasteiger partial charge is 0.223 e. The predicted octanol–water partition coefficient (Wildman–Crippen LogP) is 2.50. The molecule has 0 aromatic rings. The molecule has 2 heteroatoms. The number of carbonyl (C=O) groups is 1. The van der Waals surface area contributed by atoms with Crippen LogP contribution in [0.15, 0.2) is 12.2 Å². The fraction of sp³-hybridized carbons (Fsp3) is 0.750. The molecule has 2 rings (SSSR count). The highest BCUT2D eigenvalue weighted by Gasteiger charge is 2.36. The van der Waals surface area contributed by atoms with Crippen molar-refractivity contribution in [2.24, 2.45) is 0 Å². The average molecular weight is 193 g/mol. The molecule has 0 spiro atoms. The Morgan fingerprint density at radius 1 is 1.50 bits per heavy atom. The summed E-state index contributed by atoms with van der Waals surface area (Å²) in [4.78, 5) is 14.0. The fourth-order valence-electron chi connectivity index (χ4n) is 2.57. The Morgan fingerprint density at radius 2 is 2.36 bits per heavy atom. The zero-order valence-electron chi connectivity index (χ0n) is 8.91. The van der Waals surface area contributed by atoms with E-state index in [4.69, 9.17) is 0 Å².